The average molecular weight is 459 g/mol. The van der Waals surface area contributed by atoms with Gasteiger partial charge in [-0.3, -0.25) is 9.59 Å². The summed E-state index contributed by atoms with van der Waals surface area (Å²) in [5.41, 5.74) is -1.78. The Morgan fingerprint density at radius 1 is 0.968 bits per heavy atom. The fourth-order valence-electron chi connectivity index (χ4n) is 3.63. The molecule has 0 aromatic carbocycles. The molecule has 9 heteroatoms. The van der Waals surface area contributed by atoms with Crippen molar-refractivity contribution in [1.82, 2.24) is 0 Å². The third kappa shape index (κ3) is 7.90. The molecule has 31 heavy (non-hydrogen) atoms. The Balaban J connectivity index is 2.92. The Labute approximate surface area is 181 Å². The van der Waals surface area contributed by atoms with Crippen molar-refractivity contribution in [1.29, 1.82) is 0 Å². The number of hydrogen-bond acceptors (Lipinski definition) is 4. The number of hydrogen-bond donors (Lipinski definition) is 0. The third-order valence-electron chi connectivity index (χ3n) is 6.17. The van der Waals surface area contributed by atoms with Gasteiger partial charge in [0.15, 0.2) is 6.61 Å². The van der Waals surface area contributed by atoms with E-state index in [1.807, 2.05) is 41.5 Å². The first-order valence-electron chi connectivity index (χ1n) is 10.7. The molecule has 1 rings (SSSR count). The molecule has 1 aliphatic rings. The van der Waals surface area contributed by atoms with Crippen molar-refractivity contribution in [2.24, 2.45) is 16.7 Å². The number of esters is 2. The van der Waals surface area contributed by atoms with Crippen LogP contribution in [0.3, 0.4) is 0 Å². The third-order valence-corrected chi connectivity index (χ3v) is 6.17. The van der Waals surface area contributed by atoms with Crippen LogP contribution in [0.5, 0.6) is 0 Å². The lowest BCUT2D eigenvalue weighted by Gasteiger charge is -2.38. The van der Waals surface area contributed by atoms with Crippen LogP contribution in [0, 0.1) is 16.7 Å². The number of rotatable bonds is 9. The lowest BCUT2D eigenvalue weighted by molar-refractivity contribution is -0.294. The summed E-state index contributed by atoms with van der Waals surface area (Å²) in [4.78, 5) is 25.2. The van der Waals surface area contributed by atoms with E-state index in [0.29, 0.717) is 32.1 Å². The minimum absolute atomic E-state index is 0.123. The Morgan fingerprint density at radius 2 is 1.48 bits per heavy atom. The lowest BCUT2D eigenvalue weighted by Crippen LogP contribution is -2.43. The summed E-state index contributed by atoms with van der Waals surface area (Å²) in [5.74, 6) is -7.32. The highest BCUT2D eigenvalue weighted by atomic mass is 19.4. The Morgan fingerprint density at radius 3 is 1.90 bits per heavy atom. The summed E-state index contributed by atoms with van der Waals surface area (Å²) < 4.78 is 73.0. The van der Waals surface area contributed by atoms with Crippen LogP contribution >= 0.6 is 0 Å². The van der Waals surface area contributed by atoms with Gasteiger partial charge in [-0.05, 0) is 42.9 Å². The fraction of sp³-hybridized carbons (Fsp3) is 0.909. The number of carbonyl (C=O) groups excluding carboxylic acids is 2. The van der Waals surface area contributed by atoms with Gasteiger partial charge >= 0.3 is 24.0 Å². The van der Waals surface area contributed by atoms with Crippen LogP contribution in [0.4, 0.5) is 22.0 Å². The monoisotopic (exact) mass is 458 g/mol. The molecule has 0 aromatic heterocycles. The predicted octanol–water partition coefficient (Wildman–Crippen LogP) is 6.46. The second kappa shape index (κ2) is 9.61. The van der Waals surface area contributed by atoms with E-state index in [1.54, 1.807) is 0 Å². The summed E-state index contributed by atoms with van der Waals surface area (Å²) in [6, 6.07) is 0. The van der Waals surface area contributed by atoms with Crippen LogP contribution in [0.1, 0.15) is 86.5 Å². The molecule has 4 nitrogen and oxygen atoms in total. The Hall–Kier alpha value is -1.41. The van der Waals surface area contributed by atoms with Gasteiger partial charge in [0.1, 0.15) is 5.60 Å². The molecule has 0 aliphatic heterocycles. The zero-order chi connectivity index (χ0) is 24.3. The number of carbonyl (C=O) groups is 2. The lowest BCUT2D eigenvalue weighted by atomic mass is 9.70. The van der Waals surface area contributed by atoms with Crippen molar-refractivity contribution in [3.8, 4) is 0 Å². The molecule has 0 N–H and O–H groups in total. The molecule has 1 saturated carbocycles. The standard InChI is InChI=1S/C22H35F5O4/c1-7-19(5,6)12-15(18(2,3)4)17(29)31-20(10-8-9-11-20)13-16(28)30-14-21(23,24)22(25,26)27/h15H,7-14H2,1-6H3. The largest absolute Gasteiger partial charge is 0.459 e. The first-order chi connectivity index (χ1) is 13.8. The molecule has 0 aromatic rings. The molecule has 1 atom stereocenters. The van der Waals surface area contributed by atoms with Gasteiger partial charge < -0.3 is 9.47 Å². The van der Waals surface area contributed by atoms with E-state index < -0.39 is 54.0 Å². The SMILES string of the molecule is CCC(C)(C)CC(C(=O)OC1(CC(=O)OCC(F)(F)C(F)(F)F)CCCC1)C(C)(C)C. The second-order valence-electron chi connectivity index (χ2n) is 10.5. The van der Waals surface area contributed by atoms with Gasteiger partial charge in [-0.25, -0.2) is 0 Å². The van der Waals surface area contributed by atoms with E-state index in [1.165, 1.54) is 0 Å². The highest BCUT2D eigenvalue weighted by Gasteiger charge is 2.58. The van der Waals surface area contributed by atoms with Crippen LogP contribution < -0.4 is 0 Å². The van der Waals surface area contributed by atoms with Crippen molar-refractivity contribution in [3.63, 3.8) is 0 Å². The summed E-state index contributed by atoms with van der Waals surface area (Å²) in [6.45, 7) is 9.77. The maximum atomic E-state index is 13.1. The summed E-state index contributed by atoms with van der Waals surface area (Å²) >= 11 is 0. The van der Waals surface area contributed by atoms with E-state index in [2.05, 4.69) is 4.74 Å². The first-order valence-corrected chi connectivity index (χ1v) is 10.7. The predicted molar refractivity (Wildman–Crippen MR) is 106 cm³/mol. The van der Waals surface area contributed by atoms with Crippen LogP contribution in [0.2, 0.25) is 0 Å². The fourth-order valence-corrected chi connectivity index (χ4v) is 3.63. The van der Waals surface area contributed by atoms with Gasteiger partial charge in [-0.15, -0.1) is 0 Å². The van der Waals surface area contributed by atoms with Gasteiger partial charge in [-0.2, -0.15) is 22.0 Å². The van der Waals surface area contributed by atoms with Crippen molar-refractivity contribution < 1.29 is 41.0 Å². The maximum Gasteiger partial charge on any atom is 0.456 e. The molecule has 1 aliphatic carbocycles. The van der Waals surface area contributed by atoms with E-state index in [0.717, 1.165) is 6.42 Å². The zero-order valence-electron chi connectivity index (χ0n) is 19.3. The van der Waals surface area contributed by atoms with Gasteiger partial charge in [0.2, 0.25) is 0 Å². The molecule has 1 unspecified atom stereocenters. The smallest absolute Gasteiger partial charge is 0.456 e. The topological polar surface area (TPSA) is 52.6 Å². The Kier molecular flexibility index (Phi) is 8.56. The van der Waals surface area contributed by atoms with E-state index >= 15 is 0 Å². The van der Waals surface area contributed by atoms with Crippen molar-refractivity contribution in [2.75, 3.05) is 6.61 Å². The summed E-state index contributed by atoms with van der Waals surface area (Å²) in [7, 11) is 0. The first kappa shape index (κ1) is 27.6. The molecular weight excluding hydrogens is 423 g/mol. The second-order valence-corrected chi connectivity index (χ2v) is 10.5. The van der Waals surface area contributed by atoms with Gasteiger partial charge in [0, 0.05) is 0 Å². The maximum absolute atomic E-state index is 13.1. The molecule has 182 valence electrons. The normalized spacial score (nSPS) is 18.5. The number of alkyl halides is 5. The Bertz CT molecular complexity index is 629. The molecular formula is C22H35F5O4. The highest BCUT2D eigenvalue weighted by Crippen LogP contribution is 2.43. The molecule has 1 fully saturated rings. The van der Waals surface area contributed by atoms with Crippen molar-refractivity contribution >= 4 is 11.9 Å². The van der Waals surface area contributed by atoms with Gasteiger partial charge in [0.25, 0.3) is 0 Å². The average Bonchev–Trinajstić information content (AvgIpc) is 3.04. The molecule has 0 saturated heterocycles. The van der Waals surface area contributed by atoms with Crippen LogP contribution in [-0.4, -0.2) is 36.2 Å². The molecule has 0 spiro atoms. The number of halogens is 5. The quantitative estimate of drug-likeness (QED) is 0.294. The molecule has 0 bridgehead atoms. The van der Waals surface area contributed by atoms with Crippen molar-refractivity contribution in [2.45, 2.75) is 104 Å². The van der Waals surface area contributed by atoms with Gasteiger partial charge in [-0.1, -0.05) is 48.0 Å². The zero-order valence-corrected chi connectivity index (χ0v) is 19.3. The summed E-state index contributed by atoms with van der Waals surface area (Å²) in [6.07, 6.45) is -2.98. The van der Waals surface area contributed by atoms with E-state index in [9.17, 15) is 31.5 Å². The minimum Gasteiger partial charge on any atom is -0.459 e. The van der Waals surface area contributed by atoms with E-state index in [4.69, 9.17) is 4.74 Å². The molecule has 0 heterocycles. The molecule has 0 amide bonds. The summed E-state index contributed by atoms with van der Waals surface area (Å²) in [5, 5.41) is 0. The van der Waals surface area contributed by atoms with Crippen molar-refractivity contribution in [3.05, 3.63) is 0 Å². The minimum atomic E-state index is -5.81. The number of ether oxygens (including phenoxy) is 2. The van der Waals surface area contributed by atoms with Crippen LogP contribution in [0.25, 0.3) is 0 Å². The van der Waals surface area contributed by atoms with Gasteiger partial charge in [0.05, 0.1) is 12.3 Å². The van der Waals surface area contributed by atoms with E-state index in [-0.39, 0.29) is 5.41 Å². The van der Waals surface area contributed by atoms with Crippen LogP contribution in [0.15, 0.2) is 0 Å². The van der Waals surface area contributed by atoms with Crippen LogP contribution in [-0.2, 0) is 19.1 Å². The molecule has 0 radical (unpaired) electrons. The highest BCUT2D eigenvalue weighted by molar-refractivity contribution is 5.76.